The van der Waals surface area contributed by atoms with Crippen LogP contribution in [0.1, 0.15) is 20.3 Å². The molecule has 1 fully saturated rings. The molecule has 0 saturated carbocycles. The number of hydrogen-bond donors (Lipinski definition) is 1. The monoisotopic (exact) mass is 125 g/mol. The molecule has 1 aliphatic heterocycles. The van der Waals surface area contributed by atoms with Crippen molar-refractivity contribution < 1.29 is 0 Å². The summed E-state index contributed by atoms with van der Waals surface area (Å²) in [4.78, 5) is 0. The van der Waals surface area contributed by atoms with Gasteiger partial charge in [-0.2, -0.15) is 0 Å². The quantitative estimate of drug-likeness (QED) is 0.524. The Bertz CT molecular complexity index is 107. The zero-order chi connectivity index (χ0) is 6.69. The van der Waals surface area contributed by atoms with Crippen LogP contribution in [0.15, 0.2) is 12.2 Å². The summed E-state index contributed by atoms with van der Waals surface area (Å²) < 4.78 is 0. The molecule has 0 aromatic rings. The van der Waals surface area contributed by atoms with Gasteiger partial charge in [0.15, 0.2) is 0 Å². The molecule has 0 spiro atoms. The Hall–Kier alpha value is -0.300. The van der Waals surface area contributed by atoms with Crippen LogP contribution in [0.2, 0.25) is 0 Å². The first kappa shape index (κ1) is 6.81. The van der Waals surface area contributed by atoms with Crippen molar-refractivity contribution in [1.82, 2.24) is 5.32 Å². The van der Waals surface area contributed by atoms with Crippen molar-refractivity contribution >= 4 is 0 Å². The second kappa shape index (κ2) is 3.02. The van der Waals surface area contributed by atoms with Gasteiger partial charge < -0.3 is 5.32 Å². The van der Waals surface area contributed by atoms with Crippen LogP contribution in [0.4, 0.5) is 0 Å². The van der Waals surface area contributed by atoms with Crippen LogP contribution in [0.25, 0.3) is 0 Å². The third-order valence-electron chi connectivity index (χ3n) is 1.85. The first-order valence-electron chi connectivity index (χ1n) is 3.69. The van der Waals surface area contributed by atoms with Gasteiger partial charge in [-0.15, -0.1) is 0 Å². The van der Waals surface area contributed by atoms with E-state index in [0.717, 1.165) is 12.0 Å². The van der Waals surface area contributed by atoms with E-state index in [-0.39, 0.29) is 0 Å². The Morgan fingerprint density at radius 3 is 2.78 bits per heavy atom. The molecular formula is C8H15N. The number of hydrogen-bond acceptors (Lipinski definition) is 1. The largest absolute Gasteiger partial charge is 0.314 e. The third-order valence-corrected chi connectivity index (χ3v) is 1.85. The van der Waals surface area contributed by atoms with Crippen LogP contribution in [0.5, 0.6) is 0 Å². The molecule has 1 aliphatic rings. The number of nitrogens with one attached hydrogen (secondary N) is 1. The number of allylic oxidation sites excluding steroid dienone is 1. The van der Waals surface area contributed by atoms with E-state index in [2.05, 4.69) is 31.3 Å². The maximum atomic E-state index is 3.40. The summed E-state index contributed by atoms with van der Waals surface area (Å²) in [7, 11) is 0. The first-order chi connectivity index (χ1) is 4.33. The summed E-state index contributed by atoms with van der Waals surface area (Å²) in [6.45, 7) is 5.50. The van der Waals surface area contributed by atoms with Crippen molar-refractivity contribution in [3.8, 4) is 0 Å². The summed E-state index contributed by atoms with van der Waals surface area (Å²) in [5, 5.41) is 3.40. The molecule has 1 heterocycles. The van der Waals surface area contributed by atoms with Gasteiger partial charge in [-0.05, 0) is 26.2 Å². The molecule has 52 valence electrons. The van der Waals surface area contributed by atoms with E-state index in [0.29, 0.717) is 0 Å². The molecule has 2 atom stereocenters. The standard InChI is InChI=1S/C8H15N/c1-3-4-8-5-7(2)9-6-8/h3-4,7-9H,5-6H2,1-2H3/b4-3-. The molecule has 2 unspecified atom stereocenters. The Labute approximate surface area is 57.1 Å². The highest BCUT2D eigenvalue weighted by Gasteiger charge is 2.16. The minimum absolute atomic E-state index is 0.728. The van der Waals surface area contributed by atoms with Gasteiger partial charge in [-0.1, -0.05) is 12.2 Å². The average molecular weight is 125 g/mol. The lowest BCUT2D eigenvalue weighted by Gasteiger charge is -1.98. The third kappa shape index (κ3) is 1.83. The van der Waals surface area contributed by atoms with Gasteiger partial charge in [0.2, 0.25) is 0 Å². The van der Waals surface area contributed by atoms with E-state index in [1.54, 1.807) is 0 Å². The lowest BCUT2D eigenvalue weighted by atomic mass is 10.1. The second-order valence-electron chi connectivity index (χ2n) is 2.83. The highest BCUT2D eigenvalue weighted by molar-refractivity contribution is 4.92. The van der Waals surface area contributed by atoms with Crippen LogP contribution >= 0.6 is 0 Å². The second-order valence-corrected chi connectivity index (χ2v) is 2.83. The van der Waals surface area contributed by atoms with Gasteiger partial charge in [-0.3, -0.25) is 0 Å². The van der Waals surface area contributed by atoms with Crippen molar-refractivity contribution in [2.45, 2.75) is 26.3 Å². The average Bonchev–Trinajstić information content (AvgIpc) is 2.17. The maximum absolute atomic E-state index is 3.40. The fourth-order valence-corrected chi connectivity index (χ4v) is 1.39. The summed E-state index contributed by atoms with van der Waals surface area (Å²) in [6, 6.07) is 0.728. The van der Waals surface area contributed by atoms with Gasteiger partial charge in [0, 0.05) is 12.6 Å². The highest BCUT2D eigenvalue weighted by atomic mass is 14.9. The molecule has 0 aliphatic carbocycles. The Morgan fingerprint density at radius 2 is 2.33 bits per heavy atom. The van der Waals surface area contributed by atoms with Gasteiger partial charge >= 0.3 is 0 Å². The van der Waals surface area contributed by atoms with Gasteiger partial charge in [0.1, 0.15) is 0 Å². The van der Waals surface area contributed by atoms with Crippen molar-refractivity contribution in [3.05, 3.63) is 12.2 Å². The SMILES string of the molecule is C/C=C\C1CNC(C)C1. The van der Waals surface area contributed by atoms with Gasteiger partial charge in [0.25, 0.3) is 0 Å². The van der Waals surface area contributed by atoms with Crippen molar-refractivity contribution in [2.75, 3.05) is 6.54 Å². The molecule has 9 heavy (non-hydrogen) atoms. The van der Waals surface area contributed by atoms with Gasteiger partial charge in [0.05, 0.1) is 0 Å². The summed E-state index contributed by atoms with van der Waals surface area (Å²) in [6.07, 6.45) is 5.74. The molecule has 0 amide bonds. The Morgan fingerprint density at radius 1 is 1.56 bits per heavy atom. The lowest BCUT2D eigenvalue weighted by molar-refractivity contribution is 0.653. The molecule has 1 saturated heterocycles. The highest BCUT2D eigenvalue weighted by Crippen LogP contribution is 2.13. The molecule has 1 N–H and O–H groups in total. The van der Waals surface area contributed by atoms with E-state index in [9.17, 15) is 0 Å². The maximum Gasteiger partial charge on any atom is 0.00450 e. The molecule has 1 nitrogen and oxygen atoms in total. The molecular weight excluding hydrogens is 110 g/mol. The van der Waals surface area contributed by atoms with Crippen LogP contribution in [0, 0.1) is 5.92 Å². The fourth-order valence-electron chi connectivity index (χ4n) is 1.39. The molecule has 1 heteroatoms. The summed E-state index contributed by atoms with van der Waals surface area (Å²) >= 11 is 0. The summed E-state index contributed by atoms with van der Waals surface area (Å²) in [5.74, 6) is 0.796. The zero-order valence-corrected chi connectivity index (χ0v) is 6.22. The van der Waals surface area contributed by atoms with E-state index < -0.39 is 0 Å². The predicted octanol–water partition coefficient (Wildman–Crippen LogP) is 1.56. The molecule has 0 radical (unpaired) electrons. The Balaban J connectivity index is 2.30. The molecule has 0 aromatic carbocycles. The minimum Gasteiger partial charge on any atom is -0.314 e. The van der Waals surface area contributed by atoms with E-state index in [1.807, 2.05) is 0 Å². The minimum atomic E-state index is 0.728. The van der Waals surface area contributed by atoms with Crippen LogP contribution in [-0.2, 0) is 0 Å². The molecule has 0 bridgehead atoms. The number of rotatable bonds is 1. The van der Waals surface area contributed by atoms with Crippen molar-refractivity contribution in [2.24, 2.45) is 5.92 Å². The molecule has 1 rings (SSSR count). The fraction of sp³-hybridized carbons (Fsp3) is 0.750. The van der Waals surface area contributed by atoms with Gasteiger partial charge in [-0.25, -0.2) is 0 Å². The first-order valence-corrected chi connectivity index (χ1v) is 3.69. The van der Waals surface area contributed by atoms with E-state index >= 15 is 0 Å². The smallest absolute Gasteiger partial charge is 0.00450 e. The Kier molecular flexibility index (Phi) is 2.29. The summed E-state index contributed by atoms with van der Waals surface area (Å²) in [5.41, 5.74) is 0. The van der Waals surface area contributed by atoms with Crippen LogP contribution < -0.4 is 5.32 Å². The zero-order valence-electron chi connectivity index (χ0n) is 6.22. The van der Waals surface area contributed by atoms with Crippen molar-refractivity contribution in [3.63, 3.8) is 0 Å². The van der Waals surface area contributed by atoms with Crippen LogP contribution in [-0.4, -0.2) is 12.6 Å². The van der Waals surface area contributed by atoms with Crippen LogP contribution in [0.3, 0.4) is 0 Å². The van der Waals surface area contributed by atoms with E-state index in [4.69, 9.17) is 0 Å². The van der Waals surface area contributed by atoms with E-state index in [1.165, 1.54) is 13.0 Å². The topological polar surface area (TPSA) is 12.0 Å². The normalized spacial score (nSPS) is 36.2. The van der Waals surface area contributed by atoms with Crippen molar-refractivity contribution in [1.29, 1.82) is 0 Å². The lowest BCUT2D eigenvalue weighted by Crippen LogP contribution is -2.16. The molecule has 0 aromatic heterocycles. The predicted molar refractivity (Wildman–Crippen MR) is 40.4 cm³/mol.